The predicted octanol–water partition coefficient (Wildman–Crippen LogP) is 3.22. The molecule has 0 saturated carbocycles. The minimum absolute atomic E-state index is 0.0148. The highest BCUT2D eigenvalue weighted by molar-refractivity contribution is 7.89. The van der Waals surface area contributed by atoms with Gasteiger partial charge in [0.05, 0.1) is 4.90 Å². The molecule has 1 atom stereocenters. The summed E-state index contributed by atoms with van der Waals surface area (Å²) in [4.78, 5) is 12.7. The highest BCUT2D eigenvalue weighted by Gasteiger charge is 2.28. The van der Waals surface area contributed by atoms with Crippen LogP contribution in [0.4, 0.5) is 8.78 Å². The molecular weight excluding hydrogens is 402 g/mol. The minimum Gasteiger partial charge on any atom is -0.435 e. The maximum Gasteiger partial charge on any atom is 0.387 e. The lowest BCUT2D eigenvalue weighted by molar-refractivity contribution is -0.123. The van der Waals surface area contributed by atoms with Crippen LogP contribution in [0.15, 0.2) is 53.4 Å². The fraction of sp³-hybridized carbons (Fsp3) is 0.350. The number of halogens is 2. The number of hydrogen-bond donors (Lipinski definition) is 2. The van der Waals surface area contributed by atoms with Crippen LogP contribution in [0.1, 0.15) is 25.0 Å². The van der Waals surface area contributed by atoms with Gasteiger partial charge in [-0.1, -0.05) is 43.7 Å². The number of carbonyl (C=O) groups is 1. The number of amides is 1. The number of sulfonamides is 1. The number of rotatable bonds is 9. The lowest BCUT2D eigenvalue weighted by Crippen LogP contribution is -2.49. The Bertz CT molecular complexity index is 915. The van der Waals surface area contributed by atoms with Gasteiger partial charge in [0.25, 0.3) is 0 Å². The average molecular weight is 426 g/mol. The molecule has 0 aliphatic carbocycles. The first-order chi connectivity index (χ1) is 13.6. The summed E-state index contributed by atoms with van der Waals surface area (Å²) in [6.45, 7) is 2.52. The molecule has 0 saturated heterocycles. The van der Waals surface area contributed by atoms with E-state index in [1.54, 1.807) is 38.1 Å². The van der Waals surface area contributed by atoms with E-state index in [0.717, 1.165) is 5.56 Å². The number of ether oxygens (including phenoxy) is 1. The Morgan fingerprint density at radius 2 is 1.62 bits per heavy atom. The Labute approximate surface area is 169 Å². The van der Waals surface area contributed by atoms with E-state index in [9.17, 15) is 22.0 Å². The minimum atomic E-state index is -3.86. The lowest BCUT2D eigenvalue weighted by atomic mass is 10.0. The molecule has 2 N–H and O–H groups in total. The van der Waals surface area contributed by atoms with Gasteiger partial charge in [-0.05, 0) is 42.7 Å². The summed E-state index contributed by atoms with van der Waals surface area (Å²) in [5.74, 6) is -0.762. The smallest absolute Gasteiger partial charge is 0.387 e. The second-order valence-corrected chi connectivity index (χ2v) is 8.61. The first kappa shape index (κ1) is 22.8. The third-order valence-corrected chi connectivity index (χ3v) is 5.63. The Morgan fingerprint density at radius 3 is 2.14 bits per heavy atom. The molecule has 6 nitrogen and oxygen atoms in total. The van der Waals surface area contributed by atoms with Crippen LogP contribution < -0.4 is 14.8 Å². The Kier molecular flexibility index (Phi) is 7.69. The molecule has 0 spiro atoms. The zero-order chi connectivity index (χ0) is 21.6. The van der Waals surface area contributed by atoms with Crippen LogP contribution in [-0.2, 0) is 21.4 Å². The third-order valence-electron chi connectivity index (χ3n) is 4.18. The van der Waals surface area contributed by atoms with Crippen LogP contribution in [0.5, 0.6) is 5.75 Å². The van der Waals surface area contributed by atoms with E-state index in [-0.39, 0.29) is 23.1 Å². The molecule has 0 aliphatic rings. The summed E-state index contributed by atoms with van der Waals surface area (Å²) < 4.78 is 56.3. The summed E-state index contributed by atoms with van der Waals surface area (Å²) in [5.41, 5.74) is 1.58. The maximum absolute atomic E-state index is 12.6. The molecule has 0 bridgehead atoms. The monoisotopic (exact) mass is 426 g/mol. The van der Waals surface area contributed by atoms with E-state index < -0.39 is 28.6 Å². The van der Waals surface area contributed by atoms with Crippen molar-refractivity contribution < 1.29 is 26.7 Å². The zero-order valence-electron chi connectivity index (χ0n) is 16.4. The summed E-state index contributed by atoms with van der Waals surface area (Å²) in [6.07, 6.45) is 0. The van der Waals surface area contributed by atoms with Gasteiger partial charge in [-0.25, -0.2) is 8.42 Å². The molecule has 158 valence electrons. The molecule has 0 fully saturated rings. The van der Waals surface area contributed by atoms with E-state index in [1.165, 1.54) is 24.3 Å². The molecule has 0 heterocycles. The quantitative estimate of drug-likeness (QED) is 0.645. The topological polar surface area (TPSA) is 84.5 Å². The van der Waals surface area contributed by atoms with Crippen LogP contribution in [0.2, 0.25) is 0 Å². The normalized spacial score (nSPS) is 12.8. The van der Waals surface area contributed by atoms with E-state index in [0.29, 0.717) is 5.56 Å². The van der Waals surface area contributed by atoms with Crippen molar-refractivity contribution in [3.63, 3.8) is 0 Å². The molecule has 1 amide bonds. The van der Waals surface area contributed by atoms with Gasteiger partial charge in [-0.2, -0.15) is 13.5 Å². The molecule has 2 aromatic carbocycles. The van der Waals surface area contributed by atoms with Gasteiger partial charge in [-0.15, -0.1) is 0 Å². The number of carbonyl (C=O) groups excluding carboxylic acids is 1. The molecule has 0 aromatic heterocycles. The van der Waals surface area contributed by atoms with E-state index in [1.807, 2.05) is 6.92 Å². The molecule has 0 aliphatic heterocycles. The number of alkyl halides is 2. The van der Waals surface area contributed by atoms with Crippen LogP contribution in [0.3, 0.4) is 0 Å². The average Bonchev–Trinajstić information content (AvgIpc) is 2.65. The fourth-order valence-corrected chi connectivity index (χ4v) is 3.88. The van der Waals surface area contributed by atoms with Gasteiger partial charge in [0.1, 0.15) is 11.8 Å². The van der Waals surface area contributed by atoms with Crippen molar-refractivity contribution in [1.82, 2.24) is 10.0 Å². The zero-order valence-corrected chi connectivity index (χ0v) is 17.2. The van der Waals surface area contributed by atoms with E-state index in [4.69, 9.17) is 0 Å². The third kappa shape index (κ3) is 6.79. The SMILES string of the molecule is Cc1ccc(S(=O)(=O)NC(C(=O)NCc2ccc(OC(F)F)cc2)C(C)C)cc1. The molecule has 29 heavy (non-hydrogen) atoms. The van der Waals surface area contributed by atoms with Crippen molar-refractivity contribution in [2.24, 2.45) is 5.92 Å². The number of benzene rings is 2. The highest BCUT2D eigenvalue weighted by atomic mass is 32.2. The summed E-state index contributed by atoms with van der Waals surface area (Å²) in [6, 6.07) is 11.2. The first-order valence-corrected chi connectivity index (χ1v) is 10.5. The number of nitrogens with one attached hydrogen (secondary N) is 2. The lowest BCUT2D eigenvalue weighted by Gasteiger charge is -2.22. The van der Waals surface area contributed by atoms with Gasteiger partial charge in [0.2, 0.25) is 15.9 Å². The van der Waals surface area contributed by atoms with Crippen LogP contribution >= 0.6 is 0 Å². The van der Waals surface area contributed by atoms with Gasteiger partial charge < -0.3 is 10.1 Å². The van der Waals surface area contributed by atoms with Crippen LogP contribution in [-0.4, -0.2) is 27.0 Å². The second-order valence-electron chi connectivity index (χ2n) is 6.90. The largest absolute Gasteiger partial charge is 0.435 e. The van der Waals surface area contributed by atoms with Crippen molar-refractivity contribution in [2.75, 3.05) is 0 Å². The maximum atomic E-state index is 12.6. The summed E-state index contributed by atoms with van der Waals surface area (Å²) in [5, 5.41) is 2.67. The van der Waals surface area contributed by atoms with Crippen molar-refractivity contribution in [3.8, 4) is 5.75 Å². The van der Waals surface area contributed by atoms with Crippen LogP contribution in [0, 0.1) is 12.8 Å². The van der Waals surface area contributed by atoms with Crippen molar-refractivity contribution in [3.05, 3.63) is 59.7 Å². The number of hydrogen-bond acceptors (Lipinski definition) is 4. The predicted molar refractivity (Wildman–Crippen MR) is 105 cm³/mol. The second kappa shape index (κ2) is 9.80. The standard InChI is InChI=1S/C20H24F2N2O4S/c1-13(2)18(24-29(26,27)17-10-4-14(3)5-11-17)19(25)23-12-15-6-8-16(9-7-15)28-20(21)22/h4-11,13,18,20,24H,12H2,1-3H3,(H,23,25). The fourth-order valence-electron chi connectivity index (χ4n) is 2.53. The first-order valence-electron chi connectivity index (χ1n) is 8.99. The Hall–Kier alpha value is -2.52. The van der Waals surface area contributed by atoms with Gasteiger partial charge in [0.15, 0.2) is 0 Å². The van der Waals surface area contributed by atoms with Gasteiger partial charge in [0, 0.05) is 6.54 Å². The molecule has 9 heteroatoms. The van der Waals surface area contributed by atoms with Crippen molar-refractivity contribution >= 4 is 15.9 Å². The highest BCUT2D eigenvalue weighted by Crippen LogP contribution is 2.16. The molecular formula is C20H24F2N2O4S. The summed E-state index contributed by atoms with van der Waals surface area (Å²) >= 11 is 0. The van der Waals surface area contributed by atoms with Gasteiger partial charge in [-0.3, -0.25) is 4.79 Å². The Morgan fingerprint density at radius 1 is 1.03 bits per heavy atom. The van der Waals surface area contributed by atoms with Crippen molar-refractivity contribution in [1.29, 1.82) is 0 Å². The van der Waals surface area contributed by atoms with Gasteiger partial charge >= 0.3 is 6.61 Å². The van der Waals surface area contributed by atoms with Crippen LogP contribution in [0.25, 0.3) is 0 Å². The Balaban J connectivity index is 2.03. The van der Waals surface area contributed by atoms with Crippen molar-refractivity contribution in [2.45, 2.75) is 44.9 Å². The molecule has 0 radical (unpaired) electrons. The molecule has 1 unspecified atom stereocenters. The van der Waals surface area contributed by atoms with E-state index >= 15 is 0 Å². The summed E-state index contributed by atoms with van der Waals surface area (Å²) in [7, 11) is -3.86. The number of aryl methyl sites for hydroxylation is 1. The molecule has 2 rings (SSSR count). The molecule has 2 aromatic rings. The van der Waals surface area contributed by atoms with E-state index in [2.05, 4.69) is 14.8 Å².